The van der Waals surface area contributed by atoms with Crippen LogP contribution in [-0.4, -0.2) is 46.8 Å². The molecule has 5 nitrogen and oxygen atoms in total. The van der Waals surface area contributed by atoms with Gasteiger partial charge in [-0.1, -0.05) is 0 Å². The number of methoxy groups -OCH3 is 4. The van der Waals surface area contributed by atoms with Crippen molar-refractivity contribution in [1.29, 1.82) is 0 Å². The van der Waals surface area contributed by atoms with Crippen LogP contribution < -0.4 is 0 Å². The van der Waals surface area contributed by atoms with Crippen LogP contribution in [0.3, 0.4) is 0 Å². The molecule has 15 heavy (non-hydrogen) atoms. The second kappa shape index (κ2) is 8.79. The van der Waals surface area contributed by atoms with Gasteiger partial charge >= 0.3 is 0 Å². The molecule has 0 bridgehead atoms. The Hall–Kier alpha value is -0.490. The molecule has 0 heterocycles. The van der Waals surface area contributed by atoms with Gasteiger partial charge < -0.3 is 18.9 Å². The molecule has 0 unspecified atom stereocenters. The molecular weight excluding hydrogens is 200 g/mol. The molecule has 0 rings (SSSR count). The van der Waals surface area contributed by atoms with E-state index in [1.807, 2.05) is 0 Å². The molecule has 0 aliphatic carbocycles. The second-order valence-corrected chi connectivity index (χ2v) is 3.06. The van der Waals surface area contributed by atoms with Gasteiger partial charge in [0, 0.05) is 34.9 Å². The smallest absolute Gasteiger partial charge is 0.217 e. The number of rotatable bonds is 9. The van der Waals surface area contributed by atoms with Crippen molar-refractivity contribution in [2.45, 2.75) is 31.8 Å². The fourth-order valence-electron chi connectivity index (χ4n) is 1.25. The fraction of sp³-hybridized carbons (Fsp3) is 0.900. The van der Waals surface area contributed by atoms with Crippen molar-refractivity contribution in [2.75, 3.05) is 28.4 Å². The first-order chi connectivity index (χ1) is 7.19. The Kier molecular flexibility index (Phi) is 8.50. The lowest BCUT2D eigenvalue weighted by Crippen LogP contribution is -2.25. The summed E-state index contributed by atoms with van der Waals surface area (Å²) in [4.78, 5) is 11.4. The number of carbonyl (C=O) groups excluding carboxylic acids is 1. The molecule has 0 radical (unpaired) electrons. The molecule has 0 spiro atoms. The van der Waals surface area contributed by atoms with E-state index in [0.717, 1.165) is 0 Å². The Balaban J connectivity index is 3.70. The first kappa shape index (κ1) is 14.5. The molecule has 0 aliphatic rings. The van der Waals surface area contributed by atoms with Gasteiger partial charge in [0.05, 0.1) is 0 Å². The van der Waals surface area contributed by atoms with E-state index < -0.39 is 6.29 Å². The zero-order valence-corrected chi connectivity index (χ0v) is 9.82. The van der Waals surface area contributed by atoms with Gasteiger partial charge in [-0.05, 0) is 12.8 Å². The maximum Gasteiger partial charge on any atom is 0.217 e. The van der Waals surface area contributed by atoms with Gasteiger partial charge in [0.1, 0.15) is 0 Å². The SMILES string of the molecule is COC(CCCC(=O)C(OC)OC)OC. The van der Waals surface area contributed by atoms with Crippen molar-refractivity contribution in [3.05, 3.63) is 0 Å². The van der Waals surface area contributed by atoms with Gasteiger partial charge in [-0.15, -0.1) is 0 Å². The van der Waals surface area contributed by atoms with Crippen LogP contribution in [-0.2, 0) is 23.7 Å². The van der Waals surface area contributed by atoms with Crippen LogP contribution >= 0.6 is 0 Å². The van der Waals surface area contributed by atoms with E-state index in [2.05, 4.69) is 0 Å². The highest BCUT2D eigenvalue weighted by molar-refractivity contribution is 5.81. The van der Waals surface area contributed by atoms with Crippen molar-refractivity contribution in [3.63, 3.8) is 0 Å². The maximum atomic E-state index is 11.4. The summed E-state index contributed by atoms with van der Waals surface area (Å²) in [6.07, 6.45) is 0.762. The number of ether oxygens (including phenoxy) is 4. The van der Waals surface area contributed by atoms with E-state index in [-0.39, 0.29) is 12.1 Å². The molecule has 0 amide bonds. The summed E-state index contributed by atoms with van der Waals surface area (Å²) in [5.74, 6) is -0.0639. The molecule has 0 fully saturated rings. The van der Waals surface area contributed by atoms with Gasteiger partial charge in [0.15, 0.2) is 12.1 Å². The van der Waals surface area contributed by atoms with E-state index in [1.165, 1.54) is 14.2 Å². The average molecular weight is 220 g/mol. The molecule has 0 aromatic rings. The lowest BCUT2D eigenvalue weighted by atomic mass is 10.1. The standard InChI is InChI=1S/C10H20O5/c1-12-9(13-2)7-5-6-8(11)10(14-3)15-4/h9-10H,5-7H2,1-4H3. The van der Waals surface area contributed by atoms with Gasteiger partial charge in [0.25, 0.3) is 0 Å². The van der Waals surface area contributed by atoms with Crippen LogP contribution in [0.5, 0.6) is 0 Å². The molecule has 0 N–H and O–H groups in total. The Morgan fingerprint density at radius 3 is 1.93 bits per heavy atom. The van der Waals surface area contributed by atoms with Crippen molar-refractivity contribution >= 4 is 5.78 Å². The third-order valence-corrected chi connectivity index (χ3v) is 2.08. The molecule has 0 aromatic carbocycles. The second-order valence-electron chi connectivity index (χ2n) is 3.06. The number of ketones is 1. The molecule has 0 aromatic heterocycles. The van der Waals surface area contributed by atoms with Crippen molar-refractivity contribution < 1.29 is 23.7 Å². The zero-order chi connectivity index (χ0) is 11.7. The minimum atomic E-state index is -0.756. The number of Topliss-reactive ketones (excluding diaryl/α,β-unsaturated/α-hetero) is 1. The first-order valence-electron chi connectivity index (χ1n) is 4.83. The lowest BCUT2D eigenvalue weighted by molar-refractivity contribution is -0.157. The quantitative estimate of drug-likeness (QED) is 0.542. The van der Waals surface area contributed by atoms with Gasteiger partial charge in [-0.2, -0.15) is 0 Å². The van der Waals surface area contributed by atoms with E-state index in [0.29, 0.717) is 19.3 Å². The first-order valence-corrected chi connectivity index (χ1v) is 4.83. The molecule has 5 heteroatoms. The zero-order valence-electron chi connectivity index (χ0n) is 9.82. The van der Waals surface area contributed by atoms with Crippen LogP contribution in [0.4, 0.5) is 0 Å². The van der Waals surface area contributed by atoms with E-state index >= 15 is 0 Å². The molecule has 0 saturated heterocycles. The summed E-state index contributed by atoms with van der Waals surface area (Å²) < 4.78 is 19.7. The summed E-state index contributed by atoms with van der Waals surface area (Å²) >= 11 is 0. The van der Waals surface area contributed by atoms with E-state index in [4.69, 9.17) is 18.9 Å². The van der Waals surface area contributed by atoms with Gasteiger partial charge in [0.2, 0.25) is 6.29 Å². The van der Waals surface area contributed by atoms with Gasteiger partial charge in [-0.25, -0.2) is 0 Å². The maximum absolute atomic E-state index is 11.4. The molecule has 90 valence electrons. The Morgan fingerprint density at radius 1 is 1.00 bits per heavy atom. The summed E-state index contributed by atoms with van der Waals surface area (Å²) in [5.41, 5.74) is 0. The van der Waals surface area contributed by atoms with Gasteiger partial charge in [-0.3, -0.25) is 4.79 Å². The normalized spacial score (nSPS) is 11.3. The van der Waals surface area contributed by atoms with Crippen LogP contribution in [0.2, 0.25) is 0 Å². The minimum absolute atomic E-state index is 0.0639. The Labute approximate surface area is 90.6 Å². The van der Waals surface area contributed by atoms with Crippen LogP contribution in [0.1, 0.15) is 19.3 Å². The van der Waals surface area contributed by atoms with E-state index in [9.17, 15) is 4.79 Å². The highest BCUT2D eigenvalue weighted by Crippen LogP contribution is 2.07. The van der Waals surface area contributed by atoms with Crippen molar-refractivity contribution in [1.82, 2.24) is 0 Å². The minimum Gasteiger partial charge on any atom is -0.356 e. The summed E-state index contributed by atoms with van der Waals surface area (Å²) in [6, 6.07) is 0. The summed E-state index contributed by atoms with van der Waals surface area (Å²) in [6.45, 7) is 0. The molecule has 0 saturated carbocycles. The third kappa shape index (κ3) is 5.84. The monoisotopic (exact) mass is 220 g/mol. The molecular formula is C10H20O5. The highest BCUT2D eigenvalue weighted by Gasteiger charge is 2.16. The summed E-state index contributed by atoms with van der Waals surface area (Å²) in [7, 11) is 6.03. The molecule has 0 atom stereocenters. The predicted molar refractivity (Wildman–Crippen MR) is 54.5 cm³/mol. The fourth-order valence-corrected chi connectivity index (χ4v) is 1.25. The largest absolute Gasteiger partial charge is 0.356 e. The summed E-state index contributed by atoms with van der Waals surface area (Å²) in [5, 5.41) is 0. The van der Waals surface area contributed by atoms with E-state index in [1.54, 1.807) is 14.2 Å². The third-order valence-electron chi connectivity index (χ3n) is 2.08. The number of hydrogen-bond donors (Lipinski definition) is 0. The highest BCUT2D eigenvalue weighted by atomic mass is 16.7. The Bertz CT molecular complexity index is 163. The van der Waals surface area contributed by atoms with Crippen molar-refractivity contribution in [3.8, 4) is 0 Å². The predicted octanol–water partition coefficient (Wildman–Crippen LogP) is 0.964. The average Bonchev–Trinajstić information content (AvgIpc) is 2.26. The van der Waals surface area contributed by atoms with Crippen LogP contribution in [0, 0.1) is 0 Å². The Morgan fingerprint density at radius 2 is 1.53 bits per heavy atom. The van der Waals surface area contributed by atoms with Crippen molar-refractivity contribution in [2.24, 2.45) is 0 Å². The number of carbonyl (C=O) groups is 1. The number of hydrogen-bond acceptors (Lipinski definition) is 5. The molecule has 0 aliphatic heterocycles. The van der Waals surface area contributed by atoms with Crippen LogP contribution in [0.25, 0.3) is 0 Å². The van der Waals surface area contributed by atoms with Crippen LogP contribution in [0.15, 0.2) is 0 Å². The lowest BCUT2D eigenvalue weighted by Gasteiger charge is -2.14. The topological polar surface area (TPSA) is 54.0 Å².